The summed E-state index contributed by atoms with van der Waals surface area (Å²) in [5, 5.41) is 5.30. The Hall–Kier alpha value is -1.79. The van der Waals surface area contributed by atoms with Gasteiger partial charge in [-0.25, -0.2) is 9.59 Å². The zero-order valence-electron chi connectivity index (χ0n) is 11.3. The molecule has 0 heterocycles. The van der Waals surface area contributed by atoms with E-state index in [-0.39, 0.29) is 18.4 Å². The maximum absolute atomic E-state index is 11.5. The van der Waals surface area contributed by atoms with Crippen LogP contribution in [0.25, 0.3) is 0 Å². The van der Waals surface area contributed by atoms with Crippen molar-refractivity contribution in [1.29, 1.82) is 0 Å². The van der Waals surface area contributed by atoms with E-state index in [4.69, 9.17) is 10.5 Å². The zero-order valence-corrected chi connectivity index (χ0v) is 12.2. The standard InChI is InChI=1S/C13H19N3O3.ClH/c1-2-19-12(17)10-5-3-6-11(9-10)16-13(18)15-8-4-7-14;/h3,5-6,9H,2,4,7-8,14H2,1H3,(H2,15,16,18);1H. The Labute approximate surface area is 124 Å². The van der Waals surface area contributed by atoms with Gasteiger partial charge in [0, 0.05) is 12.2 Å². The molecule has 0 aromatic heterocycles. The summed E-state index contributed by atoms with van der Waals surface area (Å²) >= 11 is 0. The molecule has 0 fully saturated rings. The Morgan fingerprint density at radius 3 is 2.75 bits per heavy atom. The average Bonchev–Trinajstić information content (AvgIpc) is 2.39. The van der Waals surface area contributed by atoms with Gasteiger partial charge in [-0.05, 0) is 38.1 Å². The number of benzene rings is 1. The second-order valence-electron chi connectivity index (χ2n) is 3.82. The van der Waals surface area contributed by atoms with Crippen molar-refractivity contribution in [3.05, 3.63) is 29.8 Å². The number of nitrogens with one attached hydrogen (secondary N) is 2. The lowest BCUT2D eigenvalue weighted by Gasteiger charge is -2.08. The monoisotopic (exact) mass is 301 g/mol. The summed E-state index contributed by atoms with van der Waals surface area (Å²) in [6, 6.07) is 6.26. The molecular formula is C13H20ClN3O3. The van der Waals surface area contributed by atoms with E-state index in [9.17, 15) is 9.59 Å². The predicted octanol–water partition coefficient (Wildman–Crippen LogP) is 1.76. The number of carbonyl (C=O) groups excluding carboxylic acids is 2. The van der Waals surface area contributed by atoms with Gasteiger partial charge in [-0.3, -0.25) is 0 Å². The van der Waals surface area contributed by atoms with Gasteiger partial charge in [0.15, 0.2) is 0 Å². The minimum Gasteiger partial charge on any atom is -0.462 e. The van der Waals surface area contributed by atoms with Crippen LogP contribution in [0.2, 0.25) is 0 Å². The highest BCUT2D eigenvalue weighted by Gasteiger charge is 2.08. The van der Waals surface area contributed by atoms with Crippen molar-refractivity contribution < 1.29 is 14.3 Å². The molecule has 0 aliphatic heterocycles. The molecule has 1 aromatic rings. The lowest BCUT2D eigenvalue weighted by atomic mass is 10.2. The third kappa shape index (κ3) is 6.40. The highest BCUT2D eigenvalue weighted by atomic mass is 35.5. The summed E-state index contributed by atoms with van der Waals surface area (Å²) in [6.45, 7) is 3.10. The molecule has 0 radical (unpaired) electrons. The fourth-order valence-corrected chi connectivity index (χ4v) is 1.42. The molecule has 4 N–H and O–H groups in total. The average molecular weight is 302 g/mol. The van der Waals surface area contributed by atoms with Crippen molar-refractivity contribution >= 4 is 30.1 Å². The number of hydrogen-bond acceptors (Lipinski definition) is 4. The number of urea groups is 1. The summed E-state index contributed by atoms with van der Waals surface area (Å²) in [6.07, 6.45) is 0.719. The van der Waals surface area contributed by atoms with Crippen LogP contribution >= 0.6 is 12.4 Å². The number of amides is 2. The lowest BCUT2D eigenvalue weighted by Crippen LogP contribution is -2.30. The van der Waals surface area contributed by atoms with Gasteiger partial charge in [-0.2, -0.15) is 0 Å². The van der Waals surface area contributed by atoms with E-state index in [0.717, 1.165) is 6.42 Å². The van der Waals surface area contributed by atoms with Crippen molar-refractivity contribution in [2.24, 2.45) is 5.73 Å². The number of hydrogen-bond donors (Lipinski definition) is 3. The van der Waals surface area contributed by atoms with E-state index in [1.54, 1.807) is 31.2 Å². The van der Waals surface area contributed by atoms with Gasteiger partial charge in [0.25, 0.3) is 0 Å². The topological polar surface area (TPSA) is 93.4 Å². The van der Waals surface area contributed by atoms with E-state index < -0.39 is 5.97 Å². The summed E-state index contributed by atoms with van der Waals surface area (Å²) in [4.78, 5) is 23.0. The molecule has 0 aliphatic carbocycles. The molecule has 7 heteroatoms. The second kappa shape index (κ2) is 10.1. The first-order valence-electron chi connectivity index (χ1n) is 6.19. The minimum atomic E-state index is -0.408. The Morgan fingerprint density at radius 1 is 1.35 bits per heavy atom. The molecule has 0 atom stereocenters. The first-order valence-corrected chi connectivity index (χ1v) is 6.19. The highest BCUT2D eigenvalue weighted by molar-refractivity contribution is 5.93. The minimum absolute atomic E-state index is 0. The van der Waals surface area contributed by atoms with Crippen LogP contribution in [-0.4, -0.2) is 31.7 Å². The Morgan fingerprint density at radius 2 is 2.10 bits per heavy atom. The largest absolute Gasteiger partial charge is 0.462 e. The molecule has 2 amide bonds. The van der Waals surface area contributed by atoms with E-state index in [1.165, 1.54) is 0 Å². The molecule has 1 aromatic carbocycles. The Bertz CT molecular complexity index is 441. The van der Waals surface area contributed by atoms with Crippen molar-refractivity contribution in [3.8, 4) is 0 Å². The molecule has 6 nitrogen and oxygen atoms in total. The molecule has 20 heavy (non-hydrogen) atoms. The quantitative estimate of drug-likeness (QED) is 0.551. The summed E-state index contributed by atoms with van der Waals surface area (Å²) < 4.78 is 4.89. The Balaban J connectivity index is 0.00000361. The fraction of sp³-hybridized carbons (Fsp3) is 0.385. The number of nitrogens with two attached hydrogens (primary N) is 1. The van der Waals surface area contributed by atoms with Crippen LogP contribution in [-0.2, 0) is 4.74 Å². The maximum Gasteiger partial charge on any atom is 0.338 e. The molecule has 0 aliphatic rings. The van der Waals surface area contributed by atoms with Gasteiger partial charge in [0.1, 0.15) is 0 Å². The SMILES string of the molecule is CCOC(=O)c1cccc(NC(=O)NCCCN)c1.Cl. The third-order valence-electron chi connectivity index (χ3n) is 2.30. The number of rotatable bonds is 6. The van der Waals surface area contributed by atoms with E-state index in [0.29, 0.717) is 30.9 Å². The molecule has 1 rings (SSSR count). The van der Waals surface area contributed by atoms with Crippen molar-refractivity contribution in [3.63, 3.8) is 0 Å². The van der Waals surface area contributed by atoms with Gasteiger partial charge in [-0.15, -0.1) is 12.4 Å². The van der Waals surface area contributed by atoms with Crippen molar-refractivity contribution in [2.75, 3.05) is 25.0 Å². The smallest absolute Gasteiger partial charge is 0.338 e. The van der Waals surface area contributed by atoms with Crippen molar-refractivity contribution in [2.45, 2.75) is 13.3 Å². The first-order chi connectivity index (χ1) is 9.17. The van der Waals surface area contributed by atoms with Gasteiger partial charge >= 0.3 is 12.0 Å². The van der Waals surface area contributed by atoms with Crippen LogP contribution in [0.5, 0.6) is 0 Å². The van der Waals surface area contributed by atoms with Crippen LogP contribution in [0.1, 0.15) is 23.7 Å². The fourth-order valence-electron chi connectivity index (χ4n) is 1.42. The summed E-state index contributed by atoms with van der Waals surface area (Å²) in [7, 11) is 0. The third-order valence-corrected chi connectivity index (χ3v) is 2.30. The molecule has 0 bridgehead atoms. The van der Waals surface area contributed by atoms with Crippen LogP contribution in [0.3, 0.4) is 0 Å². The second-order valence-corrected chi connectivity index (χ2v) is 3.82. The van der Waals surface area contributed by atoms with Crippen molar-refractivity contribution in [1.82, 2.24) is 5.32 Å². The summed E-state index contributed by atoms with van der Waals surface area (Å²) in [5.41, 5.74) is 6.27. The molecule has 0 saturated heterocycles. The number of carbonyl (C=O) groups is 2. The highest BCUT2D eigenvalue weighted by Crippen LogP contribution is 2.11. The van der Waals surface area contributed by atoms with E-state index >= 15 is 0 Å². The van der Waals surface area contributed by atoms with E-state index in [2.05, 4.69) is 10.6 Å². The first kappa shape index (κ1) is 18.2. The Kier molecular flexibility index (Phi) is 9.15. The van der Waals surface area contributed by atoms with Gasteiger partial charge in [-0.1, -0.05) is 6.07 Å². The van der Waals surface area contributed by atoms with E-state index in [1.807, 2.05) is 0 Å². The number of anilines is 1. The molecule has 112 valence electrons. The molecular weight excluding hydrogens is 282 g/mol. The maximum atomic E-state index is 11.5. The molecule has 0 unspecified atom stereocenters. The number of halogens is 1. The summed E-state index contributed by atoms with van der Waals surface area (Å²) in [5.74, 6) is -0.408. The predicted molar refractivity (Wildman–Crippen MR) is 80.3 cm³/mol. The van der Waals surface area contributed by atoms with Crippen LogP contribution < -0.4 is 16.4 Å². The van der Waals surface area contributed by atoms with Gasteiger partial charge < -0.3 is 21.1 Å². The van der Waals surface area contributed by atoms with Crippen LogP contribution in [0, 0.1) is 0 Å². The number of ether oxygens (including phenoxy) is 1. The van der Waals surface area contributed by atoms with Crippen LogP contribution in [0.4, 0.5) is 10.5 Å². The zero-order chi connectivity index (χ0) is 14.1. The number of esters is 1. The lowest BCUT2D eigenvalue weighted by molar-refractivity contribution is 0.0526. The normalized spacial score (nSPS) is 9.30. The van der Waals surface area contributed by atoms with Gasteiger partial charge in [0.05, 0.1) is 12.2 Å². The van der Waals surface area contributed by atoms with Crippen LogP contribution in [0.15, 0.2) is 24.3 Å². The molecule has 0 saturated carbocycles. The molecule has 0 spiro atoms. The van der Waals surface area contributed by atoms with Gasteiger partial charge in [0.2, 0.25) is 0 Å².